The number of aliphatic carboxylic acids is 1. The summed E-state index contributed by atoms with van der Waals surface area (Å²) in [5.74, 6) is -4.40. The highest BCUT2D eigenvalue weighted by Crippen LogP contribution is 2.47. The van der Waals surface area contributed by atoms with Gasteiger partial charge in [-0.2, -0.15) is 30.3 Å². The molecular weight excluding hydrogens is 1430 g/mol. The number of benzene rings is 5. The number of carbonyl (C=O) groups is 9. The first-order chi connectivity index (χ1) is 53.6. The number of furan rings is 2. The number of amides is 5. The number of ketones is 1. The predicted molar refractivity (Wildman–Crippen MR) is 419 cm³/mol. The van der Waals surface area contributed by atoms with Crippen LogP contribution < -0.4 is 30.8 Å². The van der Waals surface area contributed by atoms with E-state index in [0.717, 1.165) is 39.6 Å². The molecule has 5 N–H and O–H groups in total. The van der Waals surface area contributed by atoms with E-state index in [4.69, 9.17) is 42.7 Å². The van der Waals surface area contributed by atoms with Crippen molar-refractivity contribution < 1.29 is 71.9 Å². The molecule has 29 heteroatoms. The normalized spacial score (nSPS) is 17.6. The first kappa shape index (κ1) is 79.3. The van der Waals surface area contributed by atoms with Crippen LogP contribution in [0.1, 0.15) is 95.9 Å². The number of hydrazone groups is 3. The number of pyridine rings is 1. The number of aryl methyl sites for hydroxylation is 3. The molecule has 5 amide bonds. The molecule has 2 unspecified atom stereocenters. The lowest BCUT2D eigenvalue weighted by Gasteiger charge is -2.17. The number of rotatable bonds is 14. The van der Waals surface area contributed by atoms with Gasteiger partial charge < -0.3 is 29.5 Å². The average molecular weight is 1500 g/mol. The third-order valence-corrected chi connectivity index (χ3v) is 18.0. The fraction of sp³-hybridized carbons (Fsp3) is 0.157. The summed E-state index contributed by atoms with van der Waals surface area (Å²) >= 11 is 0. The molecule has 0 radical (unpaired) electrons. The number of carbonyl (C=O) groups excluding carboxylic acids is 7. The largest absolute Gasteiger partial charge is 0.478 e. The summed E-state index contributed by atoms with van der Waals surface area (Å²) in [7, 11) is 0. The summed E-state index contributed by atoms with van der Waals surface area (Å²) < 4.78 is 16.3. The Bertz CT molecular complexity index is 5610. The number of aliphatic imine (C=N–C) groups is 1. The summed E-state index contributed by atoms with van der Waals surface area (Å²) in [5.41, 5.74) is 18.0. The van der Waals surface area contributed by atoms with Crippen LogP contribution in [-0.2, 0) is 38.4 Å². The minimum absolute atomic E-state index is 0.00717. The van der Waals surface area contributed by atoms with Crippen molar-refractivity contribution in [1.82, 2.24) is 10.3 Å². The number of aromatic nitrogens is 1. The summed E-state index contributed by atoms with van der Waals surface area (Å²) in [6, 6.07) is 44.9. The molecule has 1 fully saturated rings. The minimum atomic E-state index is -1.22. The van der Waals surface area contributed by atoms with Gasteiger partial charge in [0.25, 0.3) is 29.9 Å². The molecule has 6 aliphatic rings. The molecule has 5 aromatic carbocycles. The lowest BCUT2D eigenvalue weighted by Crippen LogP contribution is -2.45. The van der Waals surface area contributed by atoms with Gasteiger partial charge in [-0.1, -0.05) is 78.9 Å². The van der Waals surface area contributed by atoms with E-state index < -0.39 is 58.1 Å². The predicted octanol–water partition coefficient (Wildman–Crippen LogP) is 13.5. The van der Waals surface area contributed by atoms with E-state index in [1.807, 2.05) is 94.4 Å². The van der Waals surface area contributed by atoms with Crippen LogP contribution in [-0.4, -0.2) is 103 Å². The Kier molecular flexibility index (Phi) is 24.8. The number of carboxylic acids is 2. The number of imide groups is 1. The van der Waals surface area contributed by atoms with Crippen LogP contribution in [0.4, 0.5) is 28.6 Å². The summed E-state index contributed by atoms with van der Waals surface area (Å²) in [6.07, 6.45) is 8.67. The molecule has 29 nitrogen and oxygen atoms in total. The van der Waals surface area contributed by atoms with Crippen LogP contribution in [0, 0.1) is 62.8 Å². The Balaban J connectivity index is 0.000000153. The molecule has 8 aromatic rings. The second-order valence-electron chi connectivity index (χ2n) is 25.4. The van der Waals surface area contributed by atoms with Crippen LogP contribution in [0.3, 0.4) is 0 Å². The molecule has 0 saturated carbocycles. The smallest absolute Gasteiger partial charge is 0.335 e. The molecule has 2 atom stereocenters. The Labute approximate surface area is 640 Å². The Morgan fingerprint density at radius 2 is 1.31 bits per heavy atom. The van der Waals surface area contributed by atoms with Crippen LogP contribution in [0.2, 0.25) is 0 Å². The van der Waals surface area contributed by atoms with Crippen molar-refractivity contribution >= 4 is 129 Å². The van der Waals surface area contributed by atoms with Crippen molar-refractivity contribution in [3.05, 3.63) is 288 Å². The number of aromatic carboxylic acids is 1. The van der Waals surface area contributed by atoms with E-state index in [-0.39, 0.29) is 59.4 Å². The van der Waals surface area contributed by atoms with Crippen LogP contribution >= 0.6 is 0 Å². The van der Waals surface area contributed by atoms with Crippen molar-refractivity contribution in [2.24, 2.45) is 32.1 Å². The number of hydrogen-bond acceptors (Lipinski definition) is 20. The zero-order chi connectivity index (χ0) is 80.8. The van der Waals surface area contributed by atoms with Crippen molar-refractivity contribution in [3.63, 3.8) is 0 Å². The molecule has 0 spiro atoms. The van der Waals surface area contributed by atoms with Gasteiger partial charge in [-0.25, -0.2) is 19.3 Å². The fourth-order valence-corrected chi connectivity index (χ4v) is 12.1. The first-order valence-corrected chi connectivity index (χ1v) is 34.2. The summed E-state index contributed by atoms with van der Waals surface area (Å²) in [4.78, 5) is 131. The highest BCUT2D eigenvalue weighted by Gasteiger charge is 2.38. The topological polar surface area (TPSA) is 392 Å². The fourth-order valence-electron chi connectivity index (χ4n) is 12.1. The van der Waals surface area contributed by atoms with Gasteiger partial charge >= 0.3 is 11.9 Å². The van der Waals surface area contributed by atoms with Crippen LogP contribution in [0.5, 0.6) is 5.75 Å². The number of nitrogens with one attached hydrogen (secondary N) is 1. The number of anilines is 4. The molecule has 14 rings (SSSR count). The number of allylic oxidation sites excluding steroid dienone is 3. The number of ether oxygens (including phenoxy) is 1. The second-order valence-corrected chi connectivity index (χ2v) is 25.4. The molecule has 1 saturated heterocycles. The van der Waals surface area contributed by atoms with Gasteiger partial charge in [0.2, 0.25) is 23.2 Å². The molecule has 0 bridgehead atoms. The number of para-hydroxylation sites is 3. The number of nitro groups is 1. The van der Waals surface area contributed by atoms with Gasteiger partial charge in [-0.3, -0.25) is 59.0 Å². The summed E-state index contributed by atoms with van der Waals surface area (Å²) in [5, 5.41) is 47.6. The third kappa shape index (κ3) is 17.7. The average Bonchev–Trinajstić information content (AvgIpc) is 1.59. The zero-order valence-electron chi connectivity index (χ0n) is 61.4. The number of nitrogens with zero attached hydrogens (tertiary/aromatic N) is 11. The quantitative estimate of drug-likeness (QED) is 0.0149. The molecule has 2 aliphatic carbocycles. The minimum Gasteiger partial charge on any atom is -0.478 e. The Morgan fingerprint density at radius 3 is 1.91 bits per heavy atom. The number of Topliss-reactive ketones (excluding diaryl/α,β-unsaturated/α-hetero) is 1. The maximum Gasteiger partial charge on any atom is 0.335 e. The van der Waals surface area contributed by atoms with Crippen molar-refractivity contribution in [1.29, 1.82) is 0 Å². The van der Waals surface area contributed by atoms with E-state index in [1.165, 1.54) is 27.2 Å². The van der Waals surface area contributed by atoms with Crippen molar-refractivity contribution in [3.8, 4) is 17.1 Å². The zero-order valence-corrected chi connectivity index (χ0v) is 61.4. The SMILES string of the molecule is CC1=NN(c2ccc(C)c(C)c2)C(=O)/C1=C/C1C(=O)CC(=O)NC1=O.CC1=NN(c2ccccc2)C(=O)/C1=C/c1ccco1.CC1=NN(c2ccccc2)C(=O)C1=NCC1CC=C(C(=O)O)C=C1[N+](=O)[O-].Cc1ccccc1C(=O)O.[C-]#[N+]C1=C(C)/C(=C\c2ccc(-c3ccccc3OC=O)o2)c2c1nc(N)c([N+]#[C-])c2C. The van der Waals surface area contributed by atoms with Gasteiger partial charge in [0.1, 0.15) is 40.5 Å². The third-order valence-electron chi connectivity index (χ3n) is 18.0. The molecule has 562 valence electrons. The molecule has 7 heterocycles. The summed E-state index contributed by atoms with van der Waals surface area (Å²) in [6.45, 7) is 29.8. The van der Waals surface area contributed by atoms with E-state index in [0.29, 0.717) is 97.2 Å². The number of carboxylic acid groups (broad SMARTS) is 2. The van der Waals surface area contributed by atoms with Crippen molar-refractivity contribution in [2.75, 3.05) is 27.3 Å². The highest BCUT2D eigenvalue weighted by molar-refractivity contribution is 6.71. The van der Waals surface area contributed by atoms with E-state index in [1.54, 1.807) is 131 Å². The molecule has 3 aromatic heterocycles. The first-order valence-electron chi connectivity index (χ1n) is 34.2. The monoisotopic (exact) mass is 1500 g/mol. The molecule has 112 heavy (non-hydrogen) atoms. The van der Waals surface area contributed by atoms with Gasteiger partial charge in [0, 0.05) is 6.08 Å². The maximum atomic E-state index is 12.7. The highest BCUT2D eigenvalue weighted by atomic mass is 16.6. The van der Waals surface area contributed by atoms with Crippen LogP contribution in [0.25, 0.3) is 44.4 Å². The molecular formula is C83H69N13O16. The second kappa shape index (κ2) is 35.0. The lowest BCUT2D eigenvalue weighted by molar-refractivity contribution is -0.433. The van der Waals surface area contributed by atoms with E-state index >= 15 is 0 Å². The van der Waals surface area contributed by atoms with Gasteiger partial charge in [0.05, 0.1) is 111 Å². The number of fused-ring (bicyclic) bond motifs is 1. The van der Waals surface area contributed by atoms with Gasteiger partial charge in [-0.05, 0) is 198 Å². The Morgan fingerprint density at radius 1 is 0.696 bits per heavy atom. The standard InChI is InChI=1S/C24H16N4O3.C18H16N4O5.C18H17N3O4.C15H12N2O2.C8H8O2/c1-13-17(20-14(2)22(27-4)24(25)28-23(20)21(13)26-3)11-15-9-10-19(31-15)16-7-5-6-8-18(16)30-12-29;1-11-16(17(23)21(20-11)14-5-3-2-4-6-14)19-10-13-8-7-12(18(24)25)9-15(13)22(26)27;1-9-4-5-12(6-10(9)2)21-18(25)13(11(3)20-21)7-14-15(22)8-16(23)19-17(14)24;1-11-14(10-13-8-5-9-19-13)15(18)17(16-11)12-6-3-2-4-7-12;1-6-4-2-3-5-7(6)8(9)10/h5-12H,1-2H3,(H2,25,28);2-7,9,13H,8,10H2,1H3,(H,24,25);4-7,14H,8H2,1-3H3,(H,19,23,24);2-10H,1H3;2-5H,1H3,(H,9,10)/b17-11+;;13-7+;14-10+;. The maximum absolute atomic E-state index is 12.7. The Hall–Kier alpha value is -15.3. The van der Waals surface area contributed by atoms with Gasteiger partial charge in [-0.15, -0.1) is 0 Å². The number of piperidine rings is 1. The number of nitrogens with two attached hydrogens (primary N) is 1. The molecule has 4 aliphatic heterocycles. The number of nitrogen functional groups attached to an aromatic ring is 1. The van der Waals surface area contributed by atoms with Gasteiger partial charge in [0.15, 0.2) is 5.78 Å². The van der Waals surface area contributed by atoms with Crippen LogP contribution in [0.15, 0.2) is 233 Å². The number of hydrogen-bond donors (Lipinski definition) is 4. The van der Waals surface area contributed by atoms with Crippen molar-refractivity contribution in [2.45, 2.75) is 68.2 Å². The van der Waals surface area contributed by atoms with E-state index in [2.05, 4.69) is 40.3 Å². The van der Waals surface area contributed by atoms with E-state index in [9.17, 15) is 53.3 Å². The lowest BCUT2D eigenvalue weighted by atomic mass is 9.93.